The Kier molecular flexibility index (Phi) is 58.5. The summed E-state index contributed by atoms with van der Waals surface area (Å²) in [7, 11) is 0. The van der Waals surface area contributed by atoms with Crippen LogP contribution in [0.3, 0.4) is 0 Å². The van der Waals surface area contributed by atoms with Crippen LogP contribution in [0.1, 0.15) is 348 Å². The van der Waals surface area contributed by atoms with E-state index in [0.717, 1.165) is 57.8 Å². The Hall–Kier alpha value is -1.66. The molecule has 0 bridgehead atoms. The zero-order valence-corrected chi connectivity index (χ0v) is 47.3. The molecular weight excluding hydrogens is 863 g/mol. The van der Waals surface area contributed by atoms with Crippen molar-refractivity contribution in [1.82, 2.24) is 5.32 Å². The second-order valence-electron chi connectivity index (χ2n) is 21.7. The molecule has 0 radical (unpaired) electrons. The first-order valence-electron chi connectivity index (χ1n) is 31.6. The third-order valence-electron chi connectivity index (χ3n) is 14.7. The first kappa shape index (κ1) is 68.3. The molecule has 0 aliphatic carbocycles. The van der Waals surface area contributed by atoms with Gasteiger partial charge in [-0.3, -0.25) is 9.59 Å². The van der Waals surface area contributed by atoms with Crippen LogP contribution < -0.4 is 5.32 Å². The number of ether oxygens (including phenoxy) is 1. The molecule has 6 heteroatoms. The molecule has 6 nitrogen and oxygen atoms in total. The van der Waals surface area contributed by atoms with Crippen LogP contribution in [0, 0.1) is 0 Å². The number of aliphatic hydroxyl groups excluding tert-OH is 2. The fourth-order valence-corrected chi connectivity index (χ4v) is 9.87. The van der Waals surface area contributed by atoms with Crippen molar-refractivity contribution in [3.05, 3.63) is 24.3 Å². The number of carbonyl (C=O) groups excluding carboxylic acids is 2. The van der Waals surface area contributed by atoms with Gasteiger partial charge in [-0.25, -0.2) is 0 Å². The Balaban J connectivity index is 3.48. The lowest BCUT2D eigenvalue weighted by molar-refractivity contribution is -0.143. The summed E-state index contributed by atoms with van der Waals surface area (Å²) in [5, 5.41) is 23.2. The number of allylic oxidation sites excluding steroid dienone is 3. The lowest BCUT2D eigenvalue weighted by Gasteiger charge is -2.20. The number of unbranched alkanes of at least 4 members (excludes halogenated alkanes) is 46. The van der Waals surface area contributed by atoms with Crippen LogP contribution in [-0.2, 0) is 14.3 Å². The van der Waals surface area contributed by atoms with Gasteiger partial charge in [0.25, 0.3) is 0 Å². The second kappa shape index (κ2) is 59.9. The maximum absolute atomic E-state index is 12.5. The molecule has 0 aromatic carbocycles. The first-order chi connectivity index (χ1) is 34.5. The Morgan fingerprint density at radius 1 is 0.386 bits per heavy atom. The summed E-state index contributed by atoms with van der Waals surface area (Å²) in [4.78, 5) is 24.6. The normalized spacial score (nSPS) is 12.7. The van der Waals surface area contributed by atoms with Gasteiger partial charge in [-0.1, -0.05) is 301 Å². The van der Waals surface area contributed by atoms with Crippen LogP contribution in [0.25, 0.3) is 0 Å². The molecule has 0 saturated carbocycles. The van der Waals surface area contributed by atoms with Crippen LogP contribution in [0.4, 0.5) is 0 Å². The lowest BCUT2D eigenvalue weighted by Crippen LogP contribution is -2.45. The van der Waals surface area contributed by atoms with Crippen LogP contribution in [-0.4, -0.2) is 47.4 Å². The van der Waals surface area contributed by atoms with E-state index in [9.17, 15) is 19.8 Å². The molecule has 0 aromatic heterocycles. The van der Waals surface area contributed by atoms with Crippen molar-refractivity contribution in [1.29, 1.82) is 0 Å². The van der Waals surface area contributed by atoms with Gasteiger partial charge in [-0.2, -0.15) is 0 Å². The number of nitrogens with one attached hydrogen (secondary N) is 1. The largest absolute Gasteiger partial charge is 0.466 e. The Bertz CT molecular complexity index is 1090. The first-order valence-corrected chi connectivity index (χ1v) is 31.6. The molecule has 0 rings (SSSR count). The molecule has 3 N–H and O–H groups in total. The molecule has 414 valence electrons. The molecule has 0 aliphatic rings. The van der Waals surface area contributed by atoms with E-state index in [2.05, 4.69) is 31.3 Å². The van der Waals surface area contributed by atoms with E-state index in [1.165, 1.54) is 263 Å². The van der Waals surface area contributed by atoms with Gasteiger partial charge in [0.05, 0.1) is 25.4 Å². The molecule has 2 atom stereocenters. The number of hydrogen-bond donors (Lipinski definition) is 3. The predicted molar refractivity (Wildman–Crippen MR) is 306 cm³/mol. The van der Waals surface area contributed by atoms with Gasteiger partial charge < -0.3 is 20.3 Å². The maximum atomic E-state index is 12.5. The molecule has 0 aliphatic heterocycles. The van der Waals surface area contributed by atoms with Gasteiger partial charge in [-0.05, 0) is 57.8 Å². The molecule has 0 spiro atoms. The van der Waals surface area contributed by atoms with E-state index in [-0.39, 0.29) is 18.5 Å². The second-order valence-corrected chi connectivity index (χ2v) is 21.7. The van der Waals surface area contributed by atoms with Crippen LogP contribution in [0.5, 0.6) is 0 Å². The molecule has 0 aromatic rings. The maximum Gasteiger partial charge on any atom is 0.305 e. The van der Waals surface area contributed by atoms with E-state index in [4.69, 9.17) is 4.74 Å². The summed E-state index contributed by atoms with van der Waals surface area (Å²) >= 11 is 0. The van der Waals surface area contributed by atoms with Crippen molar-refractivity contribution >= 4 is 11.9 Å². The zero-order chi connectivity index (χ0) is 50.7. The van der Waals surface area contributed by atoms with Gasteiger partial charge in [-0.15, -0.1) is 0 Å². The third-order valence-corrected chi connectivity index (χ3v) is 14.7. The van der Waals surface area contributed by atoms with Crippen molar-refractivity contribution in [3.8, 4) is 0 Å². The predicted octanol–water partition coefficient (Wildman–Crippen LogP) is 19.8. The minimum atomic E-state index is -0.858. The highest BCUT2D eigenvalue weighted by atomic mass is 16.5. The molecule has 0 saturated heterocycles. The fourth-order valence-electron chi connectivity index (χ4n) is 9.87. The molecule has 0 fully saturated rings. The van der Waals surface area contributed by atoms with Crippen molar-refractivity contribution < 1.29 is 24.5 Å². The zero-order valence-electron chi connectivity index (χ0n) is 47.3. The molecule has 1 amide bonds. The van der Waals surface area contributed by atoms with Crippen LogP contribution in [0.2, 0.25) is 0 Å². The highest BCUT2D eigenvalue weighted by Crippen LogP contribution is 2.18. The van der Waals surface area contributed by atoms with E-state index in [0.29, 0.717) is 19.4 Å². The third kappa shape index (κ3) is 55.7. The summed E-state index contributed by atoms with van der Waals surface area (Å²) in [5.74, 6) is -0.101. The van der Waals surface area contributed by atoms with Gasteiger partial charge in [0.2, 0.25) is 5.91 Å². The average Bonchev–Trinajstić information content (AvgIpc) is 3.36. The number of hydrogen-bond acceptors (Lipinski definition) is 5. The van der Waals surface area contributed by atoms with E-state index in [1.54, 1.807) is 6.08 Å². The summed E-state index contributed by atoms with van der Waals surface area (Å²) in [6.07, 6.45) is 73.6. The molecular formula is C64H123NO5. The summed E-state index contributed by atoms with van der Waals surface area (Å²) in [5.41, 5.74) is 0. The van der Waals surface area contributed by atoms with Crippen LogP contribution >= 0.6 is 0 Å². The van der Waals surface area contributed by atoms with Crippen molar-refractivity contribution in [2.75, 3.05) is 13.2 Å². The van der Waals surface area contributed by atoms with Crippen molar-refractivity contribution in [2.45, 2.75) is 360 Å². The molecule has 0 heterocycles. The summed E-state index contributed by atoms with van der Waals surface area (Å²) in [6.45, 7) is 4.89. The van der Waals surface area contributed by atoms with Gasteiger partial charge in [0, 0.05) is 12.8 Å². The SMILES string of the molecule is CCCCCCCCC/C=C\CCCCCCCCCC(=O)OCCCCCCCCCCCCCC(=O)NC(CO)C(O)/C=C/CCCCCCCCCCCCCCCCCCCCCCCC. The Morgan fingerprint density at radius 2 is 0.671 bits per heavy atom. The van der Waals surface area contributed by atoms with E-state index in [1.807, 2.05) is 6.08 Å². The van der Waals surface area contributed by atoms with E-state index >= 15 is 0 Å². The molecule has 70 heavy (non-hydrogen) atoms. The smallest absolute Gasteiger partial charge is 0.305 e. The van der Waals surface area contributed by atoms with Gasteiger partial charge in [0.1, 0.15) is 0 Å². The number of amides is 1. The van der Waals surface area contributed by atoms with E-state index < -0.39 is 12.1 Å². The Labute approximate surface area is 437 Å². The standard InChI is InChI=1S/C64H123NO5/c1-3-5-7-9-11-13-15-17-19-21-23-24-25-26-27-28-29-31-33-36-40-44-48-52-56-62(67)61(60-66)65-63(68)57-53-49-45-41-37-35-39-43-47-51-55-59-70-64(69)58-54-50-46-42-38-34-32-30-22-20-18-16-14-12-10-8-6-4-2/h20,22,52,56,61-62,66-67H,3-19,21,23-51,53-55,57-60H2,1-2H3,(H,65,68)/b22-20-,56-52+. The van der Waals surface area contributed by atoms with Crippen molar-refractivity contribution in [3.63, 3.8) is 0 Å². The highest BCUT2D eigenvalue weighted by Gasteiger charge is 2.18. The van der Waals surface area contributed by atoms with Gasteiger partial charge >= 0.3 is 5.97 Å². The topological polar surface area (TPSA) is 95.9 Å². The van der Waals surface area contributed by atoms with Crippen LogP contribution in [0.15, 0.2) is 24.3 Å². The monoisotopic (exact) mass is 986 g/mol. The fraction of sp³-hybridized carbons (Fsp3) is 0.906. The Morgan fingerprint density at radius 3 is 1.01 bits per heavy atom. The molecule has 2 unspecified atom stereocenters. The number of carbonyl (C=O) groups is 2. The highest BCUT2D eigenvalue weighted by molar-refractivity contribution is 5.76. The lowest BCUT2D eigenvalue weighted by atomic mass is 10.0. The minimum Gasteiger partial charge on any atom is -0.466 e. The summed E-state index contributed by atoms with van der Waals surface area (Å²) < 4.78 is 5.48. The van der Waals surface area contributed by atoms with Gasteiger partial charge in [0.15, 0.2) is 0 Å². The number of rotatable bonds is 59. The number of aliphatic hydroxyl groups is 2. The average molecular weight is 987 g/mol. The quantitative estimate of drug-likeness (QED) is 0.0321. The minimum absolute atomic E-state index is 0.0173. The summed E-state index contributed by atoms with van der Waals surface area (Å²) in [6, 6.07) is -0.643. The van der Waals surface area contributed by atoms with Crippen molar-refractivity contribution in [2.24, 2.45) is 0 Å². The number of esters is 1.